The number of hydrogen-bond acceptors (Lipinski definition) is 1. The van der Waals surface area contributed by atoms with Crippen LogP contribution in [0.25, 0.3) is 11.3 Å². The van der Waals surface area contributed by atoms with Gasteiger partial charge in [-0.3, -0.25) is 0 Å². The van der Waals surface area contributed by atoms with Crippen LogP contribution in [-0.2, 0) is 6.54 Å². The number of aromatic nitrogens is 1. The number of fused-ring (bicyclic) bond motifs is 1. The van der Waals surface area contributed by atoms with Gasteiger partial charge in [-0.15, -0.1) is 0 Å². The van der Waals surface area contributed by atoms with Crippen LogP contribution in [0.4, 0.5) is 0 Å². The molecule has 0 amide bonds. The minimum Gasteiger partial charge on any atom is -1.00 e. The van der Waals surface area contributed by atoms with Gasteiger partial charge >= 0.3 is 0 Å². The summed E-state index contributed by atoms with van der Waals surface area (Å²) >= 11 is 0. The zero-order valence-corrected chi connectivity index (χ0v) is 9.93. The van der Waals surface area contributed by atoms with Crippen LogP contribution < -0.4 is 17.0 Å². The van der Waals surface area contributed by atoms with Crippen molar-refractivity contribution in [3.05, 3.63) is 66.0 Å². The van der Waals surface area contributed by atoms with Crippen LogP contribution >= 0.6 is 0 Å². The van der Waals surface area contributed by atoms with E-state index in [1.807, 2.05) is 54.7 Å². The number of aliphatic hydroxyl groups excluding tert-OH is 1. The van der Waals surface area contributed by atoms with Gasteiger partial charge in [0.2, 0.25) is 5.69 Å². The molecule has 0 fully saturated rings. The molecule has 0 saturated heterocycles. The Bertz CT molecular complexity index is 563. The molecule has 0 bridgehead atoms. The minimum absolute atomic E-state index is 0. The Labute approximate surface area is 106 Å². The molecule has 1 aliphatic heterocycles. The van der Waals surface area contributed by atoms with Crippen LogP contribution in [0, 0.1) is 0 Å². The average molecular weight is 246 g/mol. The fraction of sp³-hybridized carbons (Fsp3) is 0.0714. The average Bonchev–Trinajstić information content (AvgIpc) is 2.69. The standard InChI is InChI=1S/C14H11NO.ClH/c16-14-12(11-6-2-1-3-7-11)10-15-9-5-4-8-13(14)15;/h1-9H,10H2;1H. The summed E-state index contributed by atoms with van der Waals surface area (Å²) in [6, 6.07) is 15.9. The van der Waals surface area contributed by atoms with Gasteiger partial charge in [-0.2, -0.15) is 4.57 Å². The van der Waals surface area contributed by atoms with Crippen molar-refractivity contribution in [2.75, 3.05) is 0 Å². The van der Waals surface area contributed by atoms with Crippen LogP contribution in [0.1, 0.15) is 11.3 Å². The largest absolute Gasteiger partial charge is 1.00 e. The predicted molar refractivity (Wildman–Crippen MR) is 62.5 cm³/mol. The first-order valence-corrected chi connectivity index (χ1v) is 5.32. The lowest BCUT2D eigenvalue weighted by Crippen LogP contribution is -3.00. The van der Waals surface area contributed by atoms with Crippen molar-refractivity contribution in [1.82, 2.24) is 0 Å². The van der Waals surface area contributed by atoms with Gasteiger partial charge in [0.05, 0.1) is 5.57 Å². The van der Waals surface area contributed by atoms with Crippen molar-refractivity contribution in [2.24, 2.45) is 0 Å². The molecule has 0 aliphatic carbocycles. The molecule has 1 aliphatic rings. The Kier molecular flexibility index (Phi) is 3.16. The highest BCUT2D eigenvalue weighted by Crippen LogP contribution is 2.27. The van der Waals surface area contributed by atoms with E-state index in [2.05, 4.69) is 4.57 Å². The molecule has 0 radical (unpaired) electrons. The third-order valence-corrected chi connectivity index (χ3v) is 2.92. The maximum Gasteiger partial charge on any atom is 0.248 e. The quantitative estimate of drug-likeness (QED) is 0.668. The molecule has 2 aromatic rings. The van der Waals surface area contributed by atoms with Gasteiger partial charge in [0.1, 0.15) is 0 Å². The fourth-order valence-electron chi connectivity index (χ4n) is 2.10. The molecule has 1 N–H and O–H groups in total. The first-order chi connectivity index (χ1) is 7.86. The van der Waals surface area contributed by atoms with Crippen molar-refractivity contribution in [3.8, 4) is 0 Å². The Morgan fingerprint density at radius 3 is 2.35 bits per heavy atom. The number of aliphatic hydroxyl groups is 1. The van der Waals surface area contributed by atoms with Gasteiger partial charge < -0.3 is 17.5 Å². The van der Waals surface area contributed by atoms with E-state index >= 15 is 0 Å². The highest BCUT2D eigenvalue weighted by Gasteiger charge is 2.28. The summed E-state index contributed by atoms with van der Waals surface area (Å²) in [5.41, 5.74) is 2.97. The maximum atomic E-state index is 10.2. The molecular weight excluding hydrogens is 234 g/mol. The van der Waals surface area contributed by atoms with Crippen LogP contribution in [0.5, 0.6) is 0 Å². The summed E-state index contributed by atoms with van der Waals surface area (Å²) < 4.78 is 2.05. The van der Waals surface area contributed by atoms with Crippen LogP contribution in [0.15, 0.2) is 54.7 Å². The van der Waals surface area contributed by atoms with Gasteiger partial charge in [-0.05, 0) is 11.6 Å². The van der Waals surface area contributed by atoms with E-state index in [0.29, 0.717) is 5.76 Å². The van der Waals surface area contributed by atoms with Gasteiger partial charge in [0.15, 0.2) is 18.5 Å². The Balaban J connectivity index is 0.00000108. The molecule has 2 heterocycles. The second kappa shape index (κ2) is 4.60. The Hall–Kier alpha value is -1.80. The molecule has 0 unspecified atom stereocenters. The summed E-state index contributed by atoms with van der Waals surface area (Å²) in [6.45, 7) is 0.742. The summed E-state index contributed by atoms with van der Waals surface area (Å²) in [6.07, 6.45) is 1.99. The molecule has 0 spiro atoms. The highest BCUT2D eigenvalue weighted by molar-refractivity contribution is 5.86. The smallest absolute Gasteiger partial charge is 0.248 e. The number of pyridine rings is 1. The molecule has 86 valence electrons. The molecule has 3 rings (SSSR count). The third-order valence-electron chi connectivity index (χ3n) is 2.92. The number of hydrogen-bond donors (Lipinski definition) is 1. The monoisotopic (exact) mass is 245 g/mol. The molecule has 0 saturated carbocycles. The van der Waals surface area contributed by atoms with Gasteiger partial charge in [0.25, 0.3) is 0 Å². The van der Waals surface area contributed by atoms with Crippen LogP contribution in [-0.4, -0.2) is 5.11 Å². The van der Waals surface area contributed by atoms with E-state index < -0.39 is 0 Å². The number of halogens is 1. The number of benzene rings is 1. The summed E-state index contributed by atoms with van der Waals surface area (Å²) in [5.74, 6) is 0.395. The van der Waals surface area contributed by atoms with Gasteiger partial charge in [-0.1, -0.05) is 30.3 Å². The van der Waals surface area contributed by atoms with Crippen molar-refractivity contribution >= 4 is 11.3 Å². The molecule has 3 heteroatoms. The lowest BCUT2D eigenvalue weighted by atomic mass is 10.1. The highest BCUT2D eigenvalue weighted by atomic mass is 35.5. The number of rotatable bonds is 1. The Morgan fingerprint density at radius 2 is 1.65 bits per heavy atom. The first kappa shape index (κ1) is 11.7. The lowest BCUT2D eigenvalue weighted by Gasteiger charge is -1.97. The van der Waals surface area contributed by atoms with E-state index in [1.165, 1.54) is 0 Å². The van der Waals surface area contributed by atoms with Gasteiger partial charge in [-0.25, -0.2) is 0 Å². The first-order valence-electron chi connectivity index (χ1n) is 5.32. The van der Waals surface area contributed by atoms with Crippen molar-refractivity contribution in [2.45, 2.75) is 6.54 Å². The van der Waals surface area contributed by atoms with Crippen molar-refractivity contribution in [1.29, 1.82) is 0 Å². The third kappa shape index (κ3) is 1.92. The fourth-order valence-corrected chi connectivity index (χ4v) is 2.10. The van der Waals surface area contributed by atoms with E-state index in [9.17, 15) is 5.11 Å². The van der Waals surface area contributed by atoms with Crippen molar-refractivity contribution in [3.63, 3.8) is 0 Å². The second-order valence-corrected chi connectivity index (χ2v) is 3.91. The van der Waals surface area contributed by atoms with Crippen LogP contribution in [0.3, 0.4) is 0 Å². The van der Waals surface area contributed by atoms with E-state index in [4.69, 9.17) is 0 Å². The van der Waals surface area contributed by atoms with Crippen molar-refractivity contribution < 1.29 is 22.1 Å². The predicted octanol–water partition coefficient (Wildman–Crippen LogP) is -0.582. The molecule has 2 nitrogen and oxygen atoms in total. The number of nitrogens with zero attached hydrogens (tertiary/aromatic N) is 1. The Morgan fingerprint density at radius 1 is 0.941 bits per heavy atom. The molecule has 0 atom stereocenters. The minimum atomic E-state index is 0. The zero-order chi connectivity index (χ0) is 11.0. The lowest BCUT2D eigenvalue weighted by molar-refractivity contribution is -0.683. The topological polar surface area (TPSA) is 24.1 Å². The number of allylic oxidation sites excluding steroid dienone is 1. The SMILES string of the molecule is OC1=C(c2ccccc2)C[n+]2ccccc21.[Cl-]. The summed E-state index contributed by atoms with van der Waals surface area (Å²) in [4.78, 5) is 0. The molecule has 1 aromatic carbocycles. The van der Waals surface area contributed by atoms with E-state index in [1.54, 1.807) is 0 Å². The molecular formula is C14H12ClNO. The van der Waals surface area contributed by atoms with E-state index in [-0.39, 0.29) is 12.4 Å². The van der Waals surface area contributed by atoms with Crippen LogP contribution in [0.2, 0.25) is 0 Å². The zero-order valence-electron chi connectivity index (χ0n) is 9.18. The van der Waals surface area contributed by atoms with E-state index in [0.717, 1.165) is 23.4 Å². The summed E-state index contributed by atoms with van der Waals surface area (Å²) in [7, 11) is 0. The van der Waals surface area contributed by atoms with Gasteiger partial charge in [0, 0.05) is 12.1 Å². The molecule has 1 aromatic heterocycles. The second-order valence-electron chi connectivity index (χ2n) is 3.91. The summed E-state index contributed by atoms with van der Waals surface area (Å²) in [5, 5.41) is 10.2. The normalized spacial score (nSPS) is 13.2. The maximum absolute atomic E-state index is 10.2. The molecule has 17 heavy (non-hydrogen) atoms.